The molecule has 1 N–H and O–H groups in total. The van der Waals surface area contributed by atoms with Gasteiger partial charge in [0.1, 0.15) is 11.6 Å². The van der Waals surface area contributed by atoms with E-state index >= 15 is 0 Å². The number of aryl methyl sites for hydroxylation is 1. The summed E-state index contributed by atoms with van der Waals surface area (Å²) < 4.78 is 68.1. The lowest BCUT2D eigenvalue weighted by atomic mass is 10.0. The molecule has 0 fully saturated rings. The zero-order valence-electron chi connectivity index (χ0n) is 20.5. The van der Waals surface area contributed by atoms with Gasteiger partial charge < -0.3 is 9.30 Å². The van der Waals surface area contributed by atoms with E-state index in [1.807, 2.05) is 36.4 Å². The average molecular weight is 546 g/mol. The summed E-state index contributed by atoms with van der Waals surface area (Å²) in [6, 6.07) is 21.6. The minimum Gasteiger partial charge on any atom is -0.409 e. The molecule has 0 saturated heterocycles. The van der Waals surface area contributed by atoms with E-state index < -0.39 is 21.6 Å². The lowest BCUT2D eigenvalue weighted by molar-refractivity contribution is -0.0446. The first-order valence-electron chi connectivity index (χ1n) is 12.0. The largest absolute Gasteiger partial charge is 0.516 e. The molecule has 0 unspecified atom stereocenters. The number of hydrogen-bond acceptors (Lipinski definition) is 5. The van der Waals surface area contributed by atoms with Gasteiger partial charge in [0, 0.05) is 18.5 Å². The Bertz CT molecular complexity index is 1530. The number of imidazole rings is 1. The van der Waals surface area contributed by atoms with Crippen molar-refractivity contribution in [3.8, 4) is 16.9 Å². The zero-order valence-corrected chi connectivity index (χ0v) is 21.3. The monoisotopic (exact) mass is 545 g/mol. The molecule has 0 atom stereocenters. The number of para-hydroxylation sites is 3. The maximum atomic E-state index is 12.6. The summed E-state index contributed by atoms with van der Waals surface area (Å²) >= 11 is 0. The van der Waals surface area contributed by atoms with Gasteiger partial charge in [-0.25, -0.2) is 14.5 Å². The third-order valence-electron chi connectivity index (χ3n) is 5.96. The van der Waals surface area contributed by atoms with Gasteiger partial charge in [0.05, 0.1) is 11.0 Å². The summed E-state index contributed by atoms with van der Waals surface area (Å²) in [6.07, 6.45) is 2.41. The van der Waals surface area contributed by atoms with Gasteiger partial charge in [-0.1, -0.05) is 74.4 Å². The number of alkyl halides is 3. The van der Waals surface area contributed by atoms with Gasteiger partial charge in [-0.3, -0.25) is 0 Å². The van der Waals surface area contributed by atoms with Crippen LogP contribution >= 0.6 is 0 Å². The number of nitrogens with one attached hydrogen (secondary N) is 1. The first-order valence-corrected chi connectivity index (χ1v) is 13.5. The second kappa shape index (κ2) is 11.3. The van der Waals surface area contributed by atoms with Gasteiger partial charge in [-0.2, -0.15) is 21.6 Å². The van der Waals surface area contributed by atoms with E-state index in [1.54, 1.807) is 24.3 Å². The second-order valence-corrected chi connectivity index (χ2v) is 10.4. The summed E-state index contributed by atoms with van der Waals surface area (Å²) in [5.41, 5.74) is -1.62. The van der Waals surface area contributed by atoms with Crippen molar-refractivity contribution in [2.75, 3.05) is 0 Å². The second-order valence-electron chi connectivity index (χ2n) is 8.69. The molecular weight excluding hydrogens is 519 g/mol. The molecule has 3 aromatic carbocycles. The fraction of sp³-hybridized carbons (Fsp3) is 0.259. The molecule has 1 amide bonds. The summed E-state index contributed by atoms with van der Waals surface area (Å²) in [5, 5.41) is 0. The van der Waals surface area contributed by atoms with Crippen molar-refractivity contribution in [3.63, 3.8) is 0 Å². The molecule has 0 spiro atoms. The SMILES string of the molecule is CCCCCc1nc2ccccc2n1Cc1ccc(-c2ccccc2OC(=O)NS(=O)(=O)C(F)(F)F)cc1. The van der Waals surface area contributed by atoms with Gasteiger partial charge in [-0.15, -0.1) is 0 Å². The molecule has 0 bridgehead atoms. The van der Waals surface area contributed by atoms with Crippen molar-refractivity contribution in [2.24, 2.45) is 0 Å². The predicted octanol–water partition coefficient (Wildman–Crippen LogP) is 6.42. The van der Waals surface area contributed by atoms with Crippen molar-refractivity contribution in [2.45, 2.75) is 44.7 Å². The van der Waals surface area contributed by atoms with Gasteiger partial charge in [-0.05, 0) is 35.7 Å². The number of hydrogen-bond donors (Lipinski definition) is 1. The van der Waals surface area contributed by atoms with E-state index in [2.05, 4.69) is 11.5 Å². The number of benzene rings is 3. The number of halogens is 3. The summed E-state index contributed by atoms with van der Waals surface area (Å²) in [4.78, 5) is 16.7. The third kappa shape index (κ3) is 6.16. The molecule has 0 aliphatic heterocycles. The Morgan fingerprint density at radius 2 is 1.66 bits per heavy atom. The smallest absolute Gasteiger partial charge is 0.409 e. The number of ether oxygens (including phenoxy) is 1. The van der Waals surface area contributed by atoms with E-state index in [0.717, 1.165) is 52.8 Å². The number of carbonyl (C=O) groups excluding carboxylic acids is 1. The molecule has 4 rings (SSSR count). The molecule has 38 heavy (non-hydrogen) atoms. The minimum atomic E-state index is -5.88. The van der Waals surface area contributed by atoms with E-state index in [0.29, 0.717) is 17.7 Å². The Morgan fingerprint density at radius 3 is 2.37 bits per heavy atom. The van der Waals surface area contributed by atoms with Crippen LogP contribution in [0.15, 0.2) is 72.8 Å². The van der Waals surface area contributed by atoms with Crippen LogP contribution in [0.25, 0.3) is 22.2 Å². The number of unbranched alkanes of at least 4 members (excludes halogenated alkanes) is 2. The summed E-state index contributed by atoms with van der Waals surface area (Å²) in [7, 11) is -5.88. The summed E-state index contributed by atoms with van der Waals surface area (Å²) in [6.45, 7) is 2.75. The minimum absolute atomic E-state index is 0.0889. The Balaban J connectivity index is 1.55. The molecule has 0 aliphatic rings. The Morgan fingerprint density at radius 1 is 0.974 bits per heavy atom. The molecule has 0 saturated carbocycles. The van der Waals surface area contributed by atoms with Crippen molar-refractivity contribution in [1.82, 2.24) is 14.3 Å². The normalized spacial score (nSPS) is 12.0. The number of rotatable bonds is 9. The number of sulfonamides is 1. The quantitative estimate of drug-likeness (QED) is 0.245. The molecule has 7 nitrogen and oxygen atoms in total. The highest BCUT2D eigenvalue weighted by Crippen LogP contribution is 2.31. The number of nitrogens with zero attached hydrogens (tertiary/aromatic N) is 2. The zero-order chi connectivity index (χ0) is 27.3. The van der Waals surface area contributed by atoms with Crippen molar-refractivity contribution in [1.29, 1.82) is 0 Å². The Labute approximate surface area is 218 Å². The van der Waals surface area contributed by atoms with Gasteiger partial charge in [0.25, 0.3) is 0 Å². The Kier molecular flexibility index (Phi) is 8.05. The van der Waals surface area contributed by atoms with Crippen LogP contribution in [0.3, 0.4) is 0 Å². The van der Waals surface area contributed by atoms with Crippen LogP contribution in [0.5, 0.6) is 5.75 Å². The molecule has 0 aliphatic carbocycles. The van der Waals surface area contributed by atoms with Crippen LogP contribution in [0.1, 0.15) is 37.6 Å². The van der Waals surface area contributed by atoms with E-state index in [-0.39, 0.29) is 5.75 Å². The Hall–Kier alpha value is -3.86. The molecule has 4 aromatic rings. The first-order chi connectivity index (χ1) is 18.1. The fourth-order valence-corrected chi connectivity index (χ4v) is 4.46. The number of amides is 1. The highest BCUT2D eigenvalue weighted by atomic mass is 32.2. The molecule has 1 aromatic heterocycles. The molecule has 0 radical (unpaired) electrons. The van der Waals surface area contributed by atoms with Gasteiger partial charge in [0.15, 0.2) is 0 Å². The molecule has 11 heteroatoms. The highest BCUT2D eigenvalue weighted by Gasteiger charge is 2.47. The van der Waals surface area contributed by atoms with E-state index in [9.17, 15) is 26.4 Å². The maximum absolute atomic E-state index is 12.6. The molecule has 200 valence electrons. The van der Waals surface area contributed by atoms with Crippen molar-refractivity contribution >= 4 is 27.1 Å². The standard InChI is InChI=1S/C27H26F3N3O4S/c1-2-3-4-13-25-31-22-10-6-7-11-23(22)33(25)18-19-14-16-20(17-15-19)21-9-5-8-12-24(21)37-26(34)32-38(35,36)27(28,29)30/h5-12,14-17H,2-4,13,18H2,1H3,(H,32,34). The highest BCUT2D eigenvalue weighted by molar-refractivity contribution is 7.90. The predicted molar refractivity (Wildman–Crippen MR) is 138 cm³/mol. The van der Waals surface area contributed by atoms with Gasteiger partial charge >= 0.3 is 21.6 Å². The van der Waals surface area contributed by atoms with Crippen molar-refractivity contribution in [3.05, 3.63) is 84.2 Å². The van der Waals surface area contributed by atoms with Crippen LogP contribution < -0.4 is 9.46 Å². The summed E-state index contributed by atoms with van der Waals surface area (Å²) in [5.74, 6) is 0.927. The van der Waals surface area contributed by atoms with Crippen LogP contribution in [0, 0.1) is 0 Å². The van der Waals surface area contributed by atoms with Crippen LogP contribution in [-0.2, 0) is 23.0 Å². The lowest BCUT2D eigenvalue weighted by Gasteiger charge is -2.13. The van der Waals surface area contributed by atoms with Crippen LogP contribution in [0.2, 0.25) is 0 Å². The van der Waals surface area contributed by atoms with Crippen LogP contribution in [-0.4, -0.2) is 29.6 Å². The number of carbonyl (C=O) groups is 1. The van der Waals surface area contributed by atoms with E-state index in [4.69, 9.17) is 9.72 Å². The van der Waals surface area contributed by atoms with Crippen molar-refractivity contribution < 1.29 is 31.1 Å². The molecular formula is C27H26F3N3O4S. The molecule has 1 heterocycles. The topological polar surface area (TPSA) is 90.3 Å². The fourth-order valence-electron chi connectivity index (χ4n) is 4.08. The first kappa shape index (κ1) is 27.2. The number of fused-ring (bicyclic) bond motifs is 1. The maximum Gasteiger partial charge on any atom is 0.516 e. The van der Waals surface area contributed by atoms with Crippen LogP contribution in [0.4, 0.5) is 18.0 Å². The van der Waals surface area contributed by atoms with Gasteiger partial charge in [0.2, 0.25) is 0 Å². The average Bonchev–Trinajstić information content (AvgIpc) is 3.21. The number of aromatic nitrogens is 2. The van der Waals surface area contributed by atoms with E-state index in [1.165, 1.54) is 12.1 Å². The lowest BCUT2D eigenvalue weighted by Crippen LogP contribution is -2.41. The third-order valence-corrected chi connectivity index (χ3v) is 7.00.